The number of carbonyl (C=O) groups is 1. The Morgan fingerprint density at radius 3 is 2.29 bits per heavy atom. The Morgan fingerprint density at radius 2 is 1.76 bits per heavy atom. The smallest absolute Gasteiger partial charge is 0.235 e. The van der Waals surface area contributed by atoms with Crippen LogP contribution in [0.4, 0.5) is 8.78 Å². The maximum Gasteiger partial charge on any atom is 0.235 e. The van der Waals surface area contributed by atoms with E-state index < -0.39 is 33.1 Å². The summed E-state index contributed by atoms with van der Waals surface area (Å²) in [6, 6.07) is 3.11. The highest BCUT2D eigenvalue weighted by Crippen LogP contribution is 2.08. The van der Waals surface area contributed by atoms with E-state index >= 15 is 0 Å². The van der Waals surface area contributed by atoms with E-state index in [1.165, 1.54) is 12.1 Å². The molecule has 0 bridgehead atoms. The van der Waals surface area contributed by atoms with E-state index in [1.807, 2.05) is 0 Å². The van der Waals surface area contributed by atoms with Gasteiger partial charge < -0.3 is 5.32 Å². The van der Waals surface area contributed by atoms with E-state index in [0.717, 1.165) is 6.07 Å². The molecule has 0 aliphatic heterocycles. The molecule has 0 heterocycles. The van der Waals surface area contributed by atoms with Crippen molar-refractivity contribution in [2.24, 2.45) is 5.92 Å². The number of hydrogen-bond acceptors (Lipinski definition) is 3. The molecule has 0 radical (unpaired) electrons. The van der Waals surface area contributed by atoms with Gasteiger partial charge in [0.2, 0.25) is 5.91 Å². The number of rotatable bonds is 7. The Kier molecular flexibility index (Phi) is 6.26. The van der Waals surface area contributed by atoms with Gasteiger partial charge in [0.25, 0.3) is 0 Å². The van der Waals surface area contributed by atoms with E-state index in [9.17, 15) is 22.0 Å². The van der Waals surface area contributed by atoms with Crippen molar-refractivity contribution in [3.63, 3.8) is 0 Å². The van der Waals surface area contributed by atoms with Gasteiger partial charge in [-0.2, -0.15) is 0 Å². The van der Waals surface area contributed by atoms with Crippen molar-refractivity contribution in [2.45, 2.75) is 20.3 Å². The van der Waals surface area contributed by atoms with Gasteiger partial charge in [0.1, 0.15) is 17.4 Å². The van der Waals surface area contributed by atoms with Crippen LogP contribution in [0.5, 0.6) is 0 Å². The lowest BCUT2D eigenvalue weighted by molar-refractivity contribution is -0.118. The molecule has 1 rings (SSSR count). The van der Waals surface area contributed by atoms with Crippen LogP contribution in [0.1, 0.15) is 19.4 Å². The summed E-state index contributed by atoms with van der Waals surface area (Å²) >= 11 is 0. The zero-order valence-electron chi connectivity index (χ0n) is 12.0. The summed E-state index contributed by atoms with van der Waals surface area (Å²) in [4.78, 5) is 11.5. The van der Waals surface area contributed by atoms with Gasteiger partial charge >= 0.3 is 0 Å². The van der Waals surface area contributed by atoms with Gasteiger partial charge in [0, 0.05) is 12.6 Å². The fraction of sp³-hybridized carbons (Fsp3) is 0.500. The van der Waals surface area contributed by atoms with Crippen molar-refractivity contribution < 1.29 is 22.0 Å². The molecule has 7 heteroatoms. The fourth-order valence-electron chi connectivity index (χ4n) is 1.92. The van der Waals surface area contributed by atoms with Gasteiger partial charge in [0.05, 0.1) is 5.75 Å². The molecule has 0 aromatic heterocycles. The molecule has 0 saturated heterocycles. The zero-order chi connectivity index (χ0) is 16.0. The summed E-state index contributed by atoms with van der Waals surface area (Å²) in [7, 11) is -3.42. The van der Waals surface area contributed by atoms with Crippen LogP contribution >= 0.6 is 0 Å². The Bertz CT molecular complexity index is 580. The van der Waals surface area contributed by atoms with E-state index in [2.05, 4.69) is 5.32 Å². The first kappa shape index (κ1) is 17.6. The lowest BCUT2D eigenvalue weighted by atomic mass is 10.1. The minimum Gasteiger partial charge on any atom is -0.355 e. The van der Waals surface area contributed by atoms with Crippen LogP contribution in [0, 0.1) is 17.6 Å². The second kappa shape index (κ2) is 7.49. The number of nitrogens with one attached hydrogen (secondary N) is 1. The Labute approximate surface area is 123 Å². The zero-order valence-corrected chi connectivity index (χ0v) is 12.8. The van der Waals surface area contributed by atoms with E-state index in [0.29, 0.717) is 5.56 Å². The molecule has 0 spiro atoms. The number of sulfone groups is 1. The van der Waals surface area contributed by atoms with E-state index in [4.69, 9.17) is 0 Å². The molecular weight excluding hydrogens is 300 g/mol. The summed E-state index contributed by atoms with van der Waals surface area (Å²) in [5, 5.41) is 2.44. The van der Waals surface area contributed by atoms with Crippen LogP contribution in [0.25, 0.3) is 0 Å². The minimum absolute atomic E-state index is 0.0435. The van der Waals surface area contributed by atoms with Crippen LogP contribution in [0.15, 0.2) is 18.2 Å². The van der Waals surface area contributed by atoms with Crippen LogP contribution in [0.2, 0.25) is 0 Å². The van der Waals surface area contributed by atoms with Gasteiger partial charge in [-0.3, -0.25) is 4.79 Å². The van der Waals surface area contributed by atoms with Crippen molar-refractivity contribution in [1.29, 1.82) is 0 Å². The summed E-state index contributed by atoms with van der Waals surface area (Å²) < 4.78 is 49.1. The van der Waals surface area contributed by atoms with Crippen LogP contribution < -0.4 is 5.32 Å². The molecule has 0 atom stereocenters. The van der Waals surface area contributed by atoms with Crippen molar-refractivity contribution in [3.05, 3.63) is 35.4 Å². The SMILES string of the molecule is CC(C)CS(=O)(=O)CC(=O)NCCc1cc(F)cc(F)c1. The minimum atomic E-state index is -3.42. The van der Waals surface area contributed by atoms with E-state index in [-0.39, 0.29) is 24.6 Å². The first-order valence-electron chi connectivity index (χ1n) is 6.60. The summed E-state index contributed by atoms with van der Waals surface area (Å²) in [6.07, 6.45) is 0.227. The molecule has 4 nitrogen and oxygen atoms in total. The molecule has 1 aromatic rings. The highest BCUT2D eigenvalue weighted by atomic mass is 32.2. The van der Waals surface area contributed by atoms with E-state index in [1.54, 1.807) is 13.8 Å². The van der Waals surface area contributed by atoms with Crippen molar-refractivity contribution >= 4 is 15.7 Å². The number of hydrogen-bond donors (Lipinski definition) is 1. The highest BCUT2D eigenvalue weighted by molar-refractivity contribution is 7.92. The molecule has 1 aromatic carbocycles. The maximum atomic E-state index is 13.0. The molecule has 1 N–H and O–H groups in total. The average Bonchev–Trinajstić information content (AvgIpc) is 2.24. The first-order valence-corrected chi connectivity index (χ1v) is 8.42. The number of carbonyl (C=O) groups excluding carboxylic acids is 1. The number of halogens is 2. The highest BCUT2D eigenvalue weighted by Gasteiger charge is 2.17. The lowest BCUT2D eigenvalue weighted by Gasteiger charge is -2.08. The lowest BCUT2D eigenvalue weighted by Crippen LogP contribution is -2.33. The third-order valence-corrected chi connectivity index (χ3v) is 4.47. The van der Waals surface area contributed by atoms with Gasteiger partial charge in [-0.05, 0) is 30.0 Å². The van der Waals surface area contributed by atoms with Crippen molar-refractivity contribution in [1.82, 2.24) is 5.32 Å². The Hall–Kier alpha value is -1.50. The molecule has 0 aliphatic carbocycles. The molecule has 0 aliphatic rings. The van der Waals surface area contributed by atoms with Gasteiger partial charge in [-0.1, -0.05) is 13.8 Å². The largest absolute Gasteiger partial charge is 0.355 e. The predicted molar refractivity (Wildman–Crippen MR) is 76.6 cm³/mol. The summed E-state index contributed by atoms with van der Waals surface area (Å²) in [5.74, 6) is -2.63. The van der Waals surface area contributed by atoms with Crippen molar-refractivity contribution in [2.75, 3.05) is 18.1 Å². The summed E-state index contributed by atoms with van der Waals surface area (Å²) in [6.45, 7) is 3.64. The van der Waals surface area contributed by atoms with Gasteiger partial charge in [-0.25, -0.2) is 17.2 Å². The second-order valence-corrected chi connectivity index (χ2v) is 7.44. The quantitative estimate of drug-likeness (QED) is 0.832. The normalized spacial score (nSPS) is 11.7. The molecule has 0 unspecified atom stereocenters. The van der Waals surface area contributed by atoms with Crippen LogP contribution in [0.3, 0.4) is 0 Å². The molecule has 0 fully saturated rings. The Balaban J connectivity index is 2.43. The standard InChI is InChI=1S/C14H19F2NO3S/c1-10(2)8-21(19,20)9-14(18)17-4-3-11-5-12(15)7-13(16)6-11/h5-7,10H,3-4,8-9H2,1-2H3,(H,17,18). The molecule has 1 amide bonds. The Morgan fingerprint density at radius 1 is 1.19 bits per heavy atom. The van der Waals surface area contributed by atoms with Gasteiger partial charge in [-0.15, -0.1) is 0 Å². The summed E-state index contributed by atoms with van der Waals surface area (Å²) in [5.41, 5.74) is 0.401. The first-order chi connectivity index (χ1) is 9.68. The third kappa shape index (κ3) is 7.17. The third-order valence-electron chi connectivity index (χ3n) is 2.60. The van der Waals surface area contributed by atoms with Gasteiger partial charge in [0.15, 0.2) is 9.84 Å². The maximum absolute atomic E-state index is 13.0. The van der Waals surface area contributed by atoms with Crippen LogP contribution in [-0.2, 0) is 21.1 Å². The second-order valence-electron chi connectivity index (χ2n) is 5.33. The van der Waals surface area contributed by atoms with Crippen molar-refractivity contribution in [3.8, 4) is 0 Å². The predicted octanol–water partition coefficient (Wildman–Crippen LogP) is 1.69. The van der Waals surface area contributed by atoms with Crippen LogP contribution in [-0.4, -0.2) is 32.4 Å². The average molecular weight is 319 g/mol. The fourth-order valence-corrected chi connectivity index (χ4v) is 3.55. The molecule has 21 heavy (non-hydrogen) atoms. The molecule has 0 saturated carbocycles. The monoisotopic (exact) mass is 319 g/mol. The molecule has 118 valence electrons. The topological polar surface area (TPSA) is 63.2 Å². The number of amides is 1. The number of benzene rings is 1. The molecular formula is C14H19F2NO3S.